The zero-order valence-corrected chi connectivity index (χ0v) is 19.0. The number of hydrogen-bond acceptors (Lipinski definition) is 3. The van der Waals surface area contributed by atoms with Crippen LogP contribution in [0, 0.1) is 5.82 Å². The molecule has 166 valence electrons. The molecule has 0 aliphatic carbocycles. The van der Waals surface area contributed by atoms with Gasteiger partial charge in [0.15, 0.2) is 0 Å². The number of para-hydroxylation sites is 1. The van der Waals surface area contributed by atoms with Crippen molar-refractivity contribution >= 4 is 33.2 Å². The fourth-order valence-corrected chi connectivity index (χ4v) is 5.46. The summed E-state index contributed by atoms with van der Waals surface area (Å²) in [5.74, 6) is -0.896. The normalized spacial score (nSPS) is 15.8. The summed E-state index contributed by atoms with van der Waals surface area (Å²) in [5, 5.41) is 0.392. The zero-order chi connectivity index (χ0) is 22.9. The highest BCUT2D eigenvalue weighted by Crippen LogP contribution is 2.32. The summed E-state index contributed by atoms with van der Waals surface area (Å²) in [6.07, 6.45) is 0.694. The molecule has 1 aliphatic heterocycles. The molecular weight excluding hydrogens is 451 g/mol. The lowest BCUT2D eigenvalue weighted by atomic mass is 10.1. The zero-order valence-electron chi connectivity index (χ0n) is 17.4. The predicted octanol–water partition coefficient (Wildman–Crippen LogP) is 4.65. The summed E-state index contributed by atoms with van der Waals surface area (Å²) in [4.78, 5) is 15.0. The number of rotatable bonds is 6. The van der Waals surface area contributed by atoms with Crippen molar-refractivity contribution in [2.45, 2.75) is 30.8 Å². The Hall–Kier alpha value is -2.74. The van der Waals surface area contributed by atoms with Gasteiger partial charge >= 0.3 is 0 Å². The van der Waals surface area contributed by atoms with Gasteiger partial charge in [-0.25, -0.2) is 12.8 Å². The maximum absolute atomic E-state index is 14.4. The lowest BCUT2D eigenvalue weighted by Gasteiger charge is -2.27. The number of anilines is 1. The van der Waals surface area contributed by atoms with Crippen LogP contribution in [0.2, 0.25) is 5.02 Å². The van der Waals surface area contributed by atoms with E-state index in [1.165, 1.54) is 42.5 Å². The van der Waals surface area contributed by atoms with E-state index >= 15 is 0 Å². The van der Waals surface area contributed by atoms with Crippen molar-refractivity contribution in [2.75, 3.05) is 11.4 Å². The number of hydrogen-bond donors (Lipinski definition) is 0. The number of amides is 1. The number of sulfonamides is 1. The molecule has 32 heavy (non-hydrogen) atoms. The Kier molecular flexibility index (Phi) is 6.33. The third-order valence-electron chi connectivity index (χ3n) is 5.54. The molecule has 4 rings (SSSR count). The minimum Gasteiger partial charge on any atom is -0.308 e. The van der Waals surface area contributed by atoms with Gasteiger partial charge in [-0.1, -0.05) is 48.0 Å². The van der Waals surface area contributed by atoms with Gasteiger partial charge in [0.2, 0.25) is 15.9 Å². The molecule has 1 amide bonds. The van der Waals surface area contributed by atoms with Crippen molar-refractivity contribution < 1.29 is 17.6 Å². The van der Waals surface area contributed by atoms with Crippen LogP contribution >= 0.6 is 11.6 Å². The van der Waals surface area contributed by atoms with E-state index in [1.807, 2.05) is 31.2 Å². The topological polar surface area (TPSA) is 57.7 Å². The third kappa shape index (κ3) is 4.41. The summed E-state index contributed by atoms with van der Waals surface area (Å²) < 4.78 is 42.2. The summed E-state index contributed by atoms with van der Waals surface area (Å²) in [6, 6.07) is 19.1. The van der Waals surface area contributed by atoms with Gasteiger partial charge in [0, 0.05) is 28.9 Å². The maximum Gasteiger partial charge on any atom is 0.243 e. The smallest absolute Gasteiger partial charge is 0.243 e. The summed E-state index contributed by atoms with van der Waals surface area (Å²) in [7, 11) is -4.09. The molecule has 1 unspecified atom stereocenters. The number of halogens is 2. The number of benzene rings is 3. The molecule has 0 aromatic heterocycles. The van der Waals surface area contributed by atoms with Gasteiger partial charge in [-0.2, -0.15) is 4.31 Å². The van der Waals surface area contributed by atoms with Crippen LogP contribution in [0.4, 0.5) is 10.1 Å². The molecule has 1 heterocycles. The van der Waals surface area contributed by atoms with Crippen LogP contribution in [-0.4, -0.2) is 31.2 Å². The standard InChI is InChI=1S/C24H22ClFN2O3S/c1-17-14-18-6-3-5-9-23(18)28(17)24(29)16-27(15-19-7-2-4-8-22(19)26)32(30,31)21-12-10-20(25)11-13-21/h2-13,17H,14-16H2,1H3. The Morgan fingerprint density at radius 1 is 1.06 bits per heavy atom. The average molecular weight is 473 g/mol. The molecule has 0 saturated heterocycles. The first-order valence-electron chi connectivity index (χ1n) is 10.2. The van der Waals surface area contributed by atoms with E-state index in [-0.39, 0.29) is 29.0 Å². The van der Waals surface area contributed by atoms with Crippen LogP contribution in [-0.2, 0) is 27.8 Å². The highest BCUT2D eigenvalue weighted by atomic mass is 35.5. The Bertz CT molecular complexity index is 1250. The largest absolute Gasteiger partial charge is 0.308 e. The Morgan fingerprint density at radius 2 is 1.72 bits per heavy atom. The Balaban J connectivity index is 1.69. The first-order valence-corrected chi connectivity index (χ1v) is 12.0. The van der Waals surface area contributed by atoms with Gasteiger partial charge in [0.25, 0.3) is 0 Å². The van der Waals surface area contributed by atoms with Gasteiger partial charge in [0.05, 0.1) is 11.4 Å². The van der Waals surface area contributed by atoms with Crippen molar-refractivity contribution in [3.05, 3.63) is 94.8 Å². The van der Waals surface area contributed by atoms with E-state index in [2.05, 4.69) is 0 Å². The van der Waals surface area contributed by atoms with Gasteiger partial charge in [0.1, 0.15) is 5.82 Å². The van der Waals surface area contributed by atoms with E-state index in [1.54, 1.807) is 11.0 Å². The molecule has 3 aromatic rings. The van der Waals surface area contributed by atoms with E-state index in [0.717, 1.165) is 15.6 Å². The van der Waals surface area contributed by atoms with Crippen molar-refractivity contribution in [1.82, 2.24) is 4.31 Å². The first-order chi connectivity index (χ1) is 15.3. The van der Waals surface area contributed by atoms with Gasteiger partial charge in [-0.15, -0.1) is 0 Å². The Morgan fingerprint density at radius 3 is 2.44 bits per heavy atom. The van der Waals surface area contributed by atoms with Crippen LogP contribution in [0.1, 0.15) is 18.1 Å². The molecule has 0 saturated carbocycles. The van der Waals surface area contributed by atoms with Crippen molar-refractivity contribution in [3.8, 4) is 0 Å². The molecule has 5 nitrogen and oxygen atoms in total. The summed E-state index contributed by atoms with van der Waals surface area (Å²) in [5.41, 5.74) is 2.00. The monoisotopic (exact) mass is 472 g/mol. The summed E-state index contributed by atoms with van der Waals surface area (Å²) in [6.45, 7) is 1.23. The van der Waals surface area contributed by atoms with Crippen LogP contribution in [0.3, 0.4) is 0 Å². The maximum atomic E-state index is 14.4. The van der Waals surface area contributed by atoms with Crippen LogP contribution < -0.4 is 4.90 Å². The lowest BCUT2D eigenvalue weighted by Crippen LogP contribution is -2.44. The second kappa shape index (κ2) is 9.02. The van der Waals surface area contributed by atoms with E-state index in [0.29, 0.717) is 11.4 Å². The third-order valence-corrected chi connectivity index (χ3v) is 7.60. The quantitative estimate of drug-likeness (QED) is 0.524. The number of carbonyl (C=O) groups excluding carboxylic acids is 1. The second-order valence-electron chi connectivity index (χ2n) is 7.76. The lowest BCUT2D eigenvalue weighted by molar-refractivity contribution is -0.119. The van der Waals surface area contributed by atoms with Gasteiger partial charge in [-0.3, -0.25) is 4.79 Å². The SMILES string of the molecule is CC1Cc2ccccc2N1C(=O)CN(Cc1ccccc1F)S(=O)(=O)c1ccc(Cl)cc1. The minimum atomic E-state index is -4.09. The number of carbonyl (C=O) groups is 1. The molecule has 0 bridgehead atoms. The highest BCUT2D eigenvalue weighted by Gasteiger charge is 2.34. The van der Waals surface area contributed by atoms with Crippen LogP contribution in [0.5, 0.6) is 0 Å². The second-order valence-corrected chi connectivity index (χ2v) is 10.1. The van der Waals surface area contributed by atoms with Crippen LogP contribution in [0.25, 0.3) is 0 Å². The van der Waals surface area contributed by atoms with Gasteiger partial charge in [-0.05, 0) is 55.3 Å². The molecule has 0 fully saturated rings. The fraction of sp³-hybridized carbons (Fsp3) is 0.208. The van der Waals surface area contributed by atoms with Gasteiger partial charge < -0.3 is 4.90 Å². The number of nitrogens with zero attached hydrogens (tertiary/aromatic N) is 2. The molecule has 1 atom stereocenters. The molecule has 0 spiro atoms. The molecule has 1 aliphatic rings. The first kappa shape index (κ1) is 22.5. The minimum absolute atomic E-state index is 0.0130. The van der Waals surface area contributed by atoms with Crippen LogP contribution in [0.15, 0.2) is 77.7 Å². The fourth-order valence-electron chi connectivity index (χ4n) is 3.97. The molecule has 8 heteroatoms. The van der Waals surface area contributed by atoms with E-state index in [4.69, 9.17) is 11.6 Å². The highest BCUT2D eigenvalue weighted by molar-refractivity contribution is 7.89. The molecule has 3 aromatic carbocycles. The van der Waals surface area contributed by atoms with E-state index in [9.17, 15) is 17.6 Å². The van der Waals surface area contributed by atoms with Crippen molar-refractivity contribution in [3.63, 3.8) is 0 Å². The molecule has 0 radical (unpaired) electrons. The molecular formula is C24H22ClFN2O3S. The van der Waals surface area contributed by atoms with E-state index < -0.39 is 22.4 Å². The average Bonchev–Trinajstić information content (AvgIpc) is 3.10. The van der Waals surface area contributed by atoms with Crippen molar-refractivity contribution in [2.24, 2.45) is 0 Å². The Labute approximate surface area is 192 Å². The predicted molar refractivity (Wildman–Crippen MR) is 123 cm³/mol. The summed E-state index contributed by atoms with van der Waals surface area (Å²) >= 11 is 5.91. The number of fused-ring (bicyclic) bond motifs is 1. The molecule has 0 N–H and O–H groups in total. The van der Waals surface area contributed by atoms with Crippen molar-refractivity contribution in [1.29, 1.82) is 0 Å².